The van der Waals surface area contributed by atoms with Crippen LogP contribution in [0.4, 0.5) is 0 Å². The summed E-state index contributed by atoms with van der Waals surface area (Å²) in [6, 6.07) is -3.49. The Labute approximate surface area is 144 Å². The fraction of sp³-hybridized carbons (Fsp3) is 0.643. The number of rotatable bonds is 10. The number of amides is 3. The number of nitrogens with two attached hydrogens (primary N) is 1. The average Bonchev–Trinajstić information content (AvgIpc) is 2.48. The van der Waals surface area contributed by atoms with Crippen molar-refractivity contribution >= 4 is 29.7 Å². The van der Waals surface area contributed by atoms with Crippen molar-refractivity contribution in [3.05, 3.63) is 0 Å². The molecule has 0 saturated carbocycles. The Morgan fingerprint density at radius 1 is 0.960 bits per heavy atom. The standard InChI is InChI=1S/C14H24N4O7/c1-6(2)11(14(24)25)18-9(19)5-16-13(23)8(4-10(20)21)17-12(22)7(3)15/h6-8,11H,4-5,15H2,1-3H3,(H,16,23)(H,17,22)(H,18,19)(H,20,21)(H,24,25)/t7-,8-,11-/m0/s1. The average molecular weight is 360 g/mol. The van der Waals surface area contributed by atoms with E-state index in [1.165, 1.54) is 6.92 Å². The van der Waals surface area contributed by atoms with Crippen LogP contribution in [0.25, 0.3) is 0 Å². The fourth-order valence-corrected chi connectivity index (χ4v) is 1.72. The Bertz CT molecular complexity index is 533. The lowest BCUT2D eigenvalue weighted by molar-refractivity contribution is -0.143. The largest absolute Gasteiger partial charge is 0.481 e. The quantitative estimate of drug-likeness (QED) is 0.249. The van der Waals surface area contributed by atoms with E-state index in [0.29, 0.717) is 0 Å². The predicted molar refractivity (Wildman–Crippen MR) is 85.2 cm³/mol. The SMILES string of the molecule is CC(C)[C@H](NC(=O)CNC(=O)[C@H](CC(=O)O)NC(=O)[C@H](C)N)C(=O)O. The van der Waals surface area contributed by atoms with Gasteiger partial charge >= 0.3 is 11.9 Å². The van der Waals surface area contributed by atoms with E-state index in [4.69, 9.17) is 15.9 Å². The van der Waals surface area contributed by atoms with E-state index < -0.39 is 60.8 Å². The lowest BCUT2D eigenvalue weighted by Crippen LogP contribution is -2.54. The van der Waals surface area contributed by atoms with E-state index in [9.17, 15) is 24.0 Å². The number of aliphatic carboxylic acids is 2. The van der Waals surface area contributed by atoms with Gasteiger partial charge in [0.2, 0.25) is 17.7 Å². The molecule has 0 aromatic rings. The molecule has 11 heteroatoms. The van der Waals surface area contributed by atoms with Crippen LogP contribution in [0, 0.1) is 5.92 Å². The van der Waals surface area contributed by atoms with Gasteiger partial charge in [-0.3, -0.25) is 19.2 Å². The highest BCUT2D eigenvalue weighted by Gasteiger charge is 2.26. The second kappa shape index (κ2) is 10.2. The van der Waals surface area contributed by atoms with Crippen LogP contribution >= 0.6 is 0 Å². The lowest BCUT2D eigenvalue weighted by atomic mass is 10.0. The highest BCUT2D eigenvalue weighted by atomic mass is 16.4. The van der Waals surface area contributed by atoms with Crippen molar-refractivity contribution in [3.63, 3.8) is 0 Å². The van der Waals surface area contributed by atoms with Gasteiger partial charge in [-0.1, -0.05) is 13.8 Å². The first-order valence-corrected chi connectivity index (χ1v) is 7.53. The van der Waals surface area contributed by atoms with Gasteiger partial charge in [-0.15, -0.1) is 0 Å². The molecule has 0 saturated heterocycles. The minimum absolute atomic E-state index is 0.373. The summed E-state index contributed by atoms with van der Waals surface area (Å²) >= 11 is 0. The second-order valence-electron chi connectivity index (χ2n) is 5.79. The van der Waals surface area contributed by atoms with Crippen molar-refractivity contribution < 1.29 is 34.2 Å². The van der Waals surface area contributed by atoms with Gasteiger partial charge in [0, 0.05) is 0 Å². The molecule has 0 bridgehead atoms. The number of carboxylic acids is 2. The Morgan fingerprint density at radius 2 is 1.52 bits per heavy atom. The summed E-state index contributed by atoms with van der Waals surface area (Å²) in [5.41, 5.74) is 5.34. The lowest BCUT2D eigenvalue weighted by Gasteiger charge is -2.20. The van der Waals surface area contributed by atoms with E-state index in [1.54, 1.807) is 13.8 Å². The van der Waals surface area contributed by atoms with Crippen LogP contribution in [0.2, 0.25) is 0 Å². The molecule has 0 aliphatic carbocycles. The second-order valence-corrected chi connectivity index (χ2v) is 5.79. The van der Waals surface area contributed by atoms with Gasteiger partial charge in [-0.25, -0.2) is 4.79 Å². The molecule has 0 aromatic heterocycles. The van der Waals surface area contributed by atoms with Gasteiger partial charge < -0.3 is 31.9 Å². The molecule has 0 heterocycles. The van der Waals surface area contributed by atoms with Gasteiger partial charge in [0.15, 0.2) is 0 Å². The minimum Gasteiger partial charge on any atom is -0.481 e. The molecule has 0 aliphatic heterocycles. The highest BCUT2D eigenvalue weighted by molar-refractivity contribution is 5.94. The molecule has 25 heavy (non-hydrogen) atoms. The van der Waals surface area contributed by atoms with Crippen LogP contribution in [-0.2, 0) is 24.0 Å². The normalized spacial score (nSPS) is 14.1. The zero-order chi connectivity index (χ0) is 19.7. The van der Waals surface area contributed by atoms with Gasteiger partial charge in [0.1, 0.15) is 12.1 Å². The summed E-state index contributed by atoms with van der Waals surface area (Å²) in [6.07, 6.45) is -0.699. The number of carboxylic acid groups (broad SMARTS) is 2. The molecular formula is C14H24N4O7. The number of hydrogen-bond donors (Lipinski definition) is 6. The molecule has 0 aliphatic rings. The van der Waals surface area contributed by atoms with Crippen LogP contribution < -0.4 is 21.7 Å². The van der Waals surface area contributed by atoms with E-state index in [2.05, 4.69) is 16.0 Å². The maximum Gasteiger partial charge on any atom is 0.326 e. The molecule has 142 valence electrons. The summed E-state index contributed by atoms with van der Waals surface area (Å²) in [5, 5.41) is 24.3. The minimum atomic E-state index is -1.41. The first kappa shape index (κ1) is 22.3. The van der Waals surface area contributed by atoms with Crippen LogP contribution in [-0.4, -0.2) is 64.5 Å². The third-order valence-corrected chi connectivity index (χ3v) is 3.10. The predicted octanol–water partition coefficient (Wildman–Crippen LogP) is -2.37. The molecule has 0 fully saturated rings. The van der Waals surface area contributed by atoms with Crippen molar-refractivity contribution in [1.82, 2.24) is 16.0 Å². The molecular weight excluding hydrogens is 336 g/mol. The highest BCUT2D eigenvalue weighted by Crippen LogP contribution is 2.01. The van der Waals surface area contributed by atoms with Gasteiger partial charge in [0.05, 0.1) is 19.0 Å². The summed E-state index contributed by atoms with van der Waals surface area (Å²) in [5.74, 6) is -5.31. The fourth-order valence-electron chi connectivity index (χ4n) is 1.72. The van der Waals surface area contributed by atoms with Crippen molar-refractivity contribution in [2.45, 2.75) is 45.3 Å². The number of nitrogens with one attached hydrogen (secondary N) is 3. The molecule has 3 amide bonds. The molecule has 0 aromatic carbocycles. The first-order chi connectivity index (χ1) is 11.5. The maximum atomic E-state index is 12.0. The molecule has 0 rings (SSSR count). The third kappa shape index (κ3) is 8.65. The van der Waals surface area contributed by atoms with Crippen LogP contribution in [0.3, 0.4) is 0 Å². The van der Waals surface area contributed by atoms with E-state index >= 15 is 0 Å². The Hall–Kier alpha value is -2.69. The summed E-state index contributed by atoms with van der Waals surface area (Å²) in [7, 11) is 0. The topological polar surface area (TPSA) is 188 Å². The van der Waals surface area contributed by atoms with Crippen LogP contribution in [0.5, 0.6) is 0 Å². The number of carbonyl (C=O) groups is 5. The molecule has 7 N–H and O–H groups in total. The zero-order valence-corrected chi connectivity index (χ0v) is 14.2. The van der Waals surface area contributed by atoms with Crippen molar-refractivity contribution in [2.24, 2.45) is 11.7 Å². The van der Waals surface area contributed by atoms with E-state index in [1.807, 2.05) is 0 Å². The molecule has 0 spiro atoms. The van der Waals surface area contributed by atoms with Crippen LogP contribution in [0.15, 0.2) is 0 Å². The monoisotopic (exact) mass is 360 g/mol. The van der Waals surface area contributed by atoms with Crippen LogP contribution in [0.1, 0.15) is 27.2 Å². The maximum absolute atomic E-state index is 12.0. The van der Waals surface area contributed by atoms with E-state index in [0.717, 1.165) is 0 Å². The smallest absolute Gasteiger partial charge is 0.326 e. The molecule has 3 atom stereocenters. The van der Waals surface area contributed by atoms with Gasteiger partial charge in [-0.05, 0) is 12.8 Å². The van der Waals surface area contributed by atoms with Gasteiger partial charge in [0.25, 0.3) is 0 Å². The molecule has 0 radical (unpaired) electrons. The summed E-state index contributed by atoms with van der Waals surface area (Å²) in [6.45, 7) is 3.99. The first-order valence-electron chi connectivity index (χ1n) is 7.53. The van der Waals surface area contributed by atoms with E-state index in [-0.39, 0.29) is 5.92 Å². The van der Waals surface area contributed by atoms with Crippen molar-refractivity contribution in [2.75, 3.05) is 6.54 Å². The Balaban J connectivity index is 4.73. The third-order valence-electron chi connectivity index (χ3n) is 3.10. The zero-order valence-electron chi connectivity index (χ0n) is 14.2. The molecule has 0 unspecified atom stereocenters. The Kier molecular flexibility index (Phi) is 9.13. The van der Waals surface area contributed by atoms with Crippen molar-refractivity contribution in [3.8, 4) is 0 Å². The number of hydrogen-bond acceptors (Lipinski definition) is 6. The molecule has 11 nitrogen and oxygen atoms in total. The van der Waals surface area contributed by atoms with Gasteiger partial charge in [-0.2, -0.15) is 0 Å². The number of carbonyl (C=O) groups excluding carboxylic acids is 3. The summed E-state index contributed by atoms with van der Waals surface area (Å²) in [4.78, 5) is 57.0. The van der Waals surface area contributed by atoms with Crippen molar-refractivity contribution in [1.29, 1.82) is 0 Å². The summed E-state index contributed by atoms with van der Waals surface area (Å²) < 4.78 is 0. The Morgan fingerprint density at radius 3 is 1.92 bits per heavy atom.